The van der Waals surface area contributed by atoms with Crippen molar-refractivity contribution >= 4 is 21.8 Å². The molecule has 1 aliphatic carbocycles. The van der Waals surface area contributed by atoms with Gasteiger partial charge in [0.25, 0.3) is 0 Å². The number of hydrogen-bond donors (Lipinski definition) is 1. The molecular weight excluding hydrogens is 464 g/mol. The number of ether oxygens (including phenoxy) is 1. The van der Waals surface area contributed by atoms with Crippen LogP contribution in [-0.4, -0.2) is 50.9 Å². The number of aliphatic hydroxyl groups is 1. The van der Waals surface area contributed by atoms with Crippen LogP contribution in [0.1, 0.15) is 43.0 Å². The fraction of sp³-hybridized carbons (Fsp3) is 0.400. The summed E-state index contributed by atoms with van der Waals surface area (Å²) in [6.07, 6.45) is 6.36. The van der Waals surface area contributed by atoms with E-state index in [4.69, 9.17) is 9.72 Å². The van der Waals surface area contributed by atoms with Crippen molar-refractivity contribution in [3.05, 3.63) is 88.9 Å². The maximum Gasteiger partial charge on any atom is 0.329 e. The molecule has 0 unspecified atom stereocenters. The number of para-hydroxylation sites is 2. The highest BCUT2D eigenvalue weighted by Crippen LogP contribution is 2.55. The van der Waals surface area contributed by atoms with E-state index in [1.54, 1.807) is 7.11 Å². The van der Waals surface area contributed by atoms with Gasteiger partial charge in [0.2, 0.25) is 0 Å². The Morgan fingerprint density at radius 1 is 1.11 bits per heavy atom. The van der Waals surface area contributed by atoms with Gasteiger partial charge in [0.1, 0.15) is 0 Å². The minimum Gasteiger partial charge on any atom is -0.483 e. The van der Waals surface area contributed by atoms with Crippen LogP contribution in [0, 0.1) is 5.41 Å². The summed E-state index contributed by atoms with van der Waals surface area (Å²) in [5.41, 5.74) is 4.34. The molecular formula is C30H34N4O3. The molecule has 0 atom stereocenters. The van der Waals surface area contributed by atoms with E-state index in [0.717, 1.165) is 73.2 Å². The van der Waals surface area contributed by atoms with Crippen molar-refractivity contribution in [3.63, 3.8) is 0 Å². The Hall–Kier alpha value is -3.58. The summed E-state index contributed by atoms with van der Waals surface area (Å²) in [6, 6.07) is 16.6. The Kier molecular flexibility index (Phi) is 6.03. The molecule has 0 bridgehead atoms. The second-order valence-electron chi connectivity index (χ2n) is 10.7. The smallest absolute Gasteiger partial charge is 0.329 e. The number of methoxy groups -OCH3 is 1. The second-order valence-corrected chi connectivity index (χ2v) is 10.7. The fourth-order valence-corrected chi connectivity index (χ4v) is 6.43. The van der Waals surface area contributed by atoms with E-state index in [2.05, 4.69) is 35.7 Å². The highest BCUT2D eigenvalue weighted by atomic mass is 16.5. The van der Waals surface area contributed by atoms with Crippen molar-refractivity contribution in [1.82, 2.24) is 19.0 Å². The second kappa shape index (κ2) is 9.38. The number of aliphatic hydroxyl groups excluding tert-OH is 1. The summed E-state index contributed by atoms with van der Waals surface area (Å²) in [5, 5.41) is 11.6. The fourth-order valence-electron chi connectivity index (χ4n) is 6.43. The summed E-state index contributed by atoms with van der Waals surface area (Å²) in [5.74, 6) is 0.723. The molecule has 7 heteroatoms. The molecule has 1 saturated carbocycles. The molecule has 37 heavy (non-hydrogen) atoms. The lowest BCUT2D eigenvalue weighted by molar-refractivity contribution is -0.0931. The summed E-state index contributed by atoms with van der Waals surface area (Å²) in [4.78, 5) is 20.9. The minimum atomic E-state index is 0.0368. The van der Waals surface area contributed by atoms with Crippen LogP contribution >= 0.6 is 0 Å². The van der Waals surface area contributed by atoms with E-state index < -0.39 is 0 Å². The number of likely N-dealkylation sites (tertiary alicyclic amines) is 1. The number of unbranched alkanes of at least 4 members (excludes halogenated alkanes) is 1. The zero-order valence-corrected chi connectivity index (χ0v) is 21.4. The molecule has 192 valence electrons. The Labute approximate surface area is 216 Å². The number of rotatable bonds is 9. The number of hydrogen-bond acceptors (Lipinski definition) is 5. The SMILES string of the molecule is C=C(OC)N1CC2(CC(n3c(=O)n(Cc4ncc5ccccc5c4CCCCO)c4ccccc43)C2)C1. The van der Waals surface area contributed by atoms with E-state index in [-0.39, 0.29) is 23.8 Å². The topological polar surface area (TPSA) is 72.5 Å². The predicted octanol–water partition coefficient (Wildman–Crippen LogP) is 4.47. The zero-order valence-electron chi connectivity index (χ0n) is 21.4. The number of aromatic nitrogens is 3. The van der Waals surface area contributed by atoms with Gasteiger partial charge in [-0.25, -0.2) is 4.79 Å². The summed E-state index contributed by atoms with van der Waals surface area (Å²) < 4.78 is 9.20. The third-order valence-electron chi connectivity index (χ3n) is 8.35. The molecule has 3 heterocycles. The molecule has 2 aliphatic rings. The number of benzene rings is 2. The van der Waals surface area contributed by atoms with E-state index in [0.29, 0.717) is 6.54 Å². The predicted molar refractivity (Wildman–Crippen MR) is 145 cm³/mol. The Balaban J connectivity index is 1.33. The zero-order chi connectivity index (χ0) is 25.6. The van der Waals surface area contributed by atoms with Crippen molar-refractivity contribution in [2.45, 2.75) is 44.7 Å². The molecule has 2 aromatic carbocycles. The average molecular weight is 499 g/mol. The van der Waals surface area contributed by atoms with Crippen molar-refractivity contribution < 1.29 is 9.84 Å². The standard InChI is InChI=1S/C30H34N4O3/c1-21(37-2)32-19-30(20-32)15-23(16-30)34-28-13-6-5-12-27(28)33(29(34)36)18-26-25(11-7-8-14-35)24-10-4-3-9-22(24)17-31-26/h3-6,9-10,12-13,17,23,35H,1,7-8,11,14-16,18-20H2,2H3. The number of nitrogens with zero attached hydrogens (tertiary/aromatic N) is 4. The Morgan fingerprint density at radius 3 is 2.59 bits per heavy atom. The van der Waals surface area contributed by atoms with Crippen molar-refractivity contribution in [2.24, 2.45) is 5.41 Å². The van der Waals surface area contributed by atoms with Gasteiger partial charge in [-0.2, -0.15) is 0 Å². The van der Waals surface area contributed by atoms with Crippen LogP contribution in [0.4, 0.5) is 0 Å². The quantitative estimate of drug-likeness (QED) is 0.272. The average Bonchev–Trinajstić information content (AvgIpc) is 3.14. The number of fused-ring (bicyclic) bond motifs is 2. The molecule has 7 nitrogen and oxygen atoms in total. The molecule has 1 saturated heterocycles. The first-order valence-electron chi connectivity index (χ1n) is 13.2. The Bertz CT molecular complexity index is 1520. The van der Waals surface area contributed by atoms with E-state index in [1.165, 1.54) is 10.9 Å². The van der Waals surface area contributed by atoms with Gasteiger partial charge >= 0.3 is 5.69 Å². The van der Waals surface area contributed by atoms with Gasteiger partial charge in [0.15, 0.2) is 5.88 Å². The lowest BCUT2D eigenvalue weighted by Gasteiger charge is -2.59. The molecule has 2 fully saturated rings. The van der Waals surface area contributed by atoms with Crippen molar-refractivity contribution in [3.8, 4) is 0 Å². The maximum absolute atomic E-state index is 13.9. The molecule has 1 aliphatic heterocycles. The summed E-state index contributed by atoms with van der Waals surface area (Å²) in [6.45, 7) is 6.48. The number of pyridine rings is 1. The molecule has 0 radical (unpaired) electrons. The largest absolute Gasteiger partial charge is 0.483 e. The molecule has 0 amide bonds. The lowest BCUT2D eigenvalue weighted by Crippen LogP contribution is -2.62. The van der Waals surface area contributed by atoms with Gasteiger partial charge in [-0.1, -0.05) is 36.4 Å². The maximum atomic E-state index is 13.9. The van der Waals surface area contributed by atoms with Crippen LogP contribution in [0.15, 0.2) is 72.0 Å². The minimum absolute atomic E-state index is 0.0368. The third kappa shape index (κ3) is 4.02. The van der Waals surface area contributed by atoms with Gasteiger partial charge in [-0.3, -0.25) is 14.1 Å². The normalized spacial score (nSPS) is 16.8. The molecule has 1 spiro atoms. The van der Waals surface area contributed by atoms with Crippen LogP contribution in [-0.2, 0) is 17.7 Å². The Morgan fingerprint density at radius 2 is 1.84 bits per heavy atom. The lowest BCUT2D eigenvalue weighted by atomic mass is 9.60. The van der Waals surface area contributed by atoms with Gasteiger partial charge in [0, 0.05) is 42.7 Å². The molecule has 4 aromatic rings. The van der Waals surface area contributed by atoms with Gasteiger partial charge in [0.05, 0.1) is 30.4 Å². The highest BCUT2D eigenvalue weighted by molar-refractivity contribution is 5.85. The van der Waals surface area contributed by atoms with Crippen LogP contribution in [0.3, 0.4) is 0 Å². The van der Waals surface area contributed by atoms with Crippen molar-refractivity contribution in [1.29, 1.82) is 0 Å². The third-order valence-corrected chi connectivity index (χ3v) is 8.35. The van der Waals surface area contributed by atoms with Gasteiger partial charge < -0.3 is 14.7 Å². The number of imidazole rings is 1. The first-order chi connectivity index (χ1) is 18.0. The van der Waals surface area contributed by atoms with E-state index in [9.17, 15) is 9.90 Å². The first kappa shape index (κ1) is 23.8. The van der Waals surface area contributed by atoms with E-state index in [1.807, 2.05) is 39.6 Å². The van der Waals surface area contributed by atoms with Gasteiger partial charge in [-0.15, -0.1) is 0 Å². The van der Waals surface area contributed by atoms with Crippen LogP contribution in [0.25, 0.3) is 21.8 Å². The number of aryl methyl sites for hydroxylation is 1. The van der Waals surface area contributed by atoms with E-state index >= 15 is 0 Å². The van der Waals surface area contributed by atoms with Gasteiger partial charge in [-0.05, 0) is 61.8 Å². The van der Waals surface area contributed by atoms with Crippen LogP contribution < -0.4 is 5.69 Å². The molecule has 1 N–H and O–H groups in total. The summed E-state index contributed by atoms with van der Waals surface area (Å²) >= 11 is 0. The molecule has 6 rings (SSSR count). The van der Waals surface area contributed by atoms with Crippen LogP contribution in [0.2, 0.25) is 0 Å². The van der Waals surface area contributed by atoms with Crippen molar-refractivity contribution in [2.75, 3.05) is 26.8 Å². The molecule has 2 aromatic heterocycles. The van der Waals surface area contributed by atoms with Crippen LogP contribution in [0.5, 0.6) is 0 Å². The summed E-state index contributed by atoms with van der Waals surface area (Å²) in [7, 11) is 1.66. The monoisotopic (exact) mass is 498 g/mol. The highest BCUT2D eigenvalue weighted by Gasteiger charge is 2.54. The first-order valence-corrected chi connectivity index (χ1v) is 13.2.